The Morgan fingerprint density at radius 3 is 1.95 bits per heavy atom. The van der Waals surface area contributed by atoms with Crippen LogP contribution in [0.4, 0.5) is 23.8 Å². The fraction of sp³-hybridized carbons (Fsp3) is 0.143. The second-order valence-electron chi connectivity index (χ2n) is 8.87. The number of hydrogen-bond donors (Lipinski definition) is 4. The Kier molecular flexibility index (Phi) is 8.76. The minimum Gasteiger partial charge on any atom is -0.348 e. The quantitative estimate of drug-likeness (QED) is 0.167. The van der Waals surface area contributed by atoms with Crippen molar-refractivity contribution in [3.63, 3.8) is 0 Å². The van der Waals surface area contributed by atoms with E-state index in [4.69, 9.17) is 11.6 Å². The van der Waals surface area contributed by atoms with Gasteiger partial charge in [0.05, 0.1) is 48.2 Å². The van der Waals surface area contributed by atoms with Crippen LogP contribution in [0.25, 0.3) is 11.3 Å². The maximum atomic E-state index is 13.2. The smallest absolute Gasteiger partial charge is 0.259 e. The van der Waals surface area contributed by atoms with Crippen LogP contribution in [-0.2, 0) is 26.6 Å². The van der Waals surface area contributed by atoms with Crippen LogP contribution in [0, 0.1) is 11.3 Å². The van der Waals surface area contributed by atoms with Crippen LogP contribution >= 0.6 is 11.6 Å². The molecule has 0 aliphatic rings. The van der Waals surface area contributed by atoms with E-state index < -0.39 is 0 Å². The molecule has 4 heterocycles. The molecule has 5 rings (SSSR count). The van der Waals surface area contributed by atoms with Gasteiger partial charge in [-0.15, -0.1) is 0 Å². The van der Waals surface area contributed by atoms with E-state index in [1.807, 2.05) is 42.5 Å². The number of nitrogens with one attached hydrogen (secondary N) is 4. The molecule has 0 saturated carbocycles. The second kappa shape index (κ2) is 13.2. The van der Waals surface area contributed by atoms with Gasteiger partial charge in [-0.2, -0.15) is 20.2 Å². The fourth-order valence-electron chi connectivity index (χ4n) is 3.89. The third-order valence-corrected chi connectivity index (χ3v) is 6.24. The van der Waals surface area contributed by atoms with Crippen LogP contribution in [0.3, 0.4) is 0 Å². The molecule has 210 valence electrons. The van der Waals surface area contributed by atoms with Crippen LogP contribution in [0.15, 0.2) is 77.9 Å². The summed E-state index contributed by atoms with van der Waals surface area (Å²) in [4.78, 5) is 39.8. The molecule has 42 heavy (non-hydrogen) atoms. The topological polar surface area (TPSA) is 171 Å². The zero-order valence-corrected chi connectivity index (χ0v) is 23.2. The molecule has 1 aromatic carbocycles. The van der Waals surface area contributed by atoms with Gasteiger partial charge in [0, 0.05) is 30.0 Å². The molecule has 14 heteroatoms. The summed E-state index contributed by atoms with van der Waals surface area (Å²) in [5.41, 5.74) is 8.37. The van der Waals surface area contributed by atoms with E-state index in [1.54, 1.807) is 43.7 Å². The van der Waals surface area contributed by atoms with Crippen molar-refractivity contribution in [3.8, 4) is 17.3 Å². The molecule has 0 unspecified atom stereocenters. The molecule has 0 fully saturated rings. The van der Waals surface area contributed by atoms with Gasteiger partial charge in [-0.3, -0.25) is 30.2 Å². The molecule has 0 aliphatic carbocycles. The van der Waals surface area contributed by atoms with Crippen LogP contribution in [0.5, 0.6) is 0 Å². The average molecular weight is 581 g/mol. The molecule has 0 aliphatic heterocycles. The van der Waals surface area contributed by atoms with Gasteiger partial charge in [-0.25, -0.2) is 4.98 Å². The van der Waals surface area contributed by atoms with Crippen LogP contribution < -0.4 is 27.0 Å². The molecule has 0 amide bonds. The van der Waals surface area contributed by atoms with Gasteiger partial charge in [0.15, 0.2) is 0 Å². The highest BCUT2D eigenvalue weighted by molar-refractivity contribution is 6.30. The Morgan fingerprint density at radius 1 is 0.810 bits per heavy atom. The lowest BCUT2D eigenvalue weighted by atomic mass is 10.1. The largest absolute Gasteiger partial charge is 0.348 e. The number of nitrogens with zero attached hydrogens (tertiary/aromatic N) is 8. The molecule has 0 spiro atoms. The molecule has 4 aromatic heterocycles. The standard InChI is InChI=1S/C28H25ClN12O/c1-41-24(42)22(12-13-30)23(18-8-10-19(29)11-9-18)35-28(41)40-39-27-37-25(33-16-20-6-2-4-14-31-20)36-26(38-27)34-17-21-7-3-5-15-32-21/h2-11,14-15H,12,16-17H2,1H3,(H,35,40)(H3,33,34,36,37,38,39). The molecule has 0 saturated heterocycles. The van der Waals surface area contributed by atoms with Gasteiger partial charge in [-0.05, 0) is 36.4 Å². The van der Waals surface area contributed by atoms with Crippen molar-refractivity contribution in [1.82, 2.24) is 34.5 Å². The Morgan fingerprint density at radius 2 is 1.40 bits per heavy atom. The van der Waals surface area contributed by atoms with Gasteiger partial charge in [0.2, 0.25) is 23.8 Å². The summed E-state index contributed by atoms with van der Waals surface area (Å²) in [6.45, 7) is 0.774. The Bertz CT molecular complexity index is 1700. The summed E-state index contributed by atoms with van der Waals surface area (Å²) in [6.07, 6.45) is 3.31. The van der Waals surface area contributed by atoms with Crippen molar-refractivity contribution in [1.29, 1.82) is 5.26 Å². The highest BCUT2D eigenvalue weighted by atomic mass is 35.5. The Balaban J connectivity index is 1.42. The first kappa shape index (κ1) is 27.9. The fourth-order valence-corrected chi connectivity index (χ4v) is 4.02. The normalized spacial score (nSPS) is 10.5. The van der Waals surface area contributed by atoms with Crippen LogP contribution in [0.1, 0.15) is 17.0 Å². The number of benzene rings is 1. The summed E-state index contributed by atoms with van der Waals surface area (Å²) in [7, 11) is 1.55. The number of pyridine rings is 2. The first-order chi connectivity index (χ1) is 20.5. The molecular formula is C28H25ClN12O. The van der Waals surface area contributed by atoms with E-state index in [1.165, 1.54) is 4.57 Å². The lowest BCUT2D eigenvalue weighted by Crippen LogP contribution is -2.28. The monoisotopic (exact) mass is 580 g/mol. The van der Waals surface area contributed by atoms with Gasteiger partial charge >= 0.3 is 0 Å². The molecule has 5 aromatic rings. The molecule has 0 radical (unpaired) electrons. The third kappa shape index (κ3) is 6.93. The number of anilines is 4. The van der Waals surface area contributed by atoms with Crippen molar-refractivity contribution in [2.45, 2.75) is 19.5 Å². The summed E-state index contributed by atoms with van der Waals surface area (Å²) in [5, 5.41) is 16.2. The van der Waals surface area contributed by atoms with Crippen molar-refractivity contribution >= 4 is 35.4 Å². The Labute approximate surface area is 245 Å². The molecule has 4 N–H and O–H groups in total. The minimum absolute atomic E-state index is 0.102. The van der Waals surface area contributed by atoms with E-state index in [-0.39, 0.29) is 41.3 Å². The van der Waals surface area contributed by atoms with Crippen molar-refractivity contribution in [2.24, 2.45) is 7.05 Å². The number of hydrogen-bond acceptors (Lipinski definition) is 12. The number of aromatic nitrogens is 7. The molecule has 13 nitrogen and oxygen atoms in total. The second-order valence-corrected chi connectivity index (χ2v) is 9.31. The third-order valence-electron chi connectivity index (χ3n) is 5.99. The van der Waals surface area contributed by atoms with Crippen LogP contribution in [0.2, 0.25) is 5.02 Å². The summed E-state index contributed by atoms with van der Waals surface area (Å²) in [5.74, 6) is 0.909. The maximum Gasteiger partial charge on any atom is 0.259 e. The SMILES string of the molecule is Cn1c(NNc2nc(NCc3ccccn3)nc(NCc3ccccn3)n2)nc(-c2ccc(Cl)cc2)c(CC#N)c1=O. The Hall–Kier alpha value is -5.61. The van der Waals surface area contributed by atoms with E-state index in [0.29, 0.717) is 29.4 Å². The summed E-state index contributed by atoms with van der Waals surface area (Å²) < 4.78 is 1.31. The van der Waals surface area contributed by atoms with Crippen LogP contribution in [-0.4, -0.2) is 34.5 Å². The minimum atomic E-state index is -0.369. The lowest BCUT2D eigenvalue weighted by Gasteiger charge is -2.16. The first-order valence-corrected chi connectivity index (χ1v) is 13.2. The van der Waals surface area contributed by atoms with Gasteiger partial charge in [0.1, 0.15) is 0 Å². The number of halogens is 1. The maximum absolute atomic E-state index is 13.2. The zero-order valence-electron chi connectivity index (χ0n) is 22.4. The van der Waals surface area contributed by atoms with Gasteiger partial charge in [0.25, 0.3) is 5.56 Å². The molecule has 0 atom stereocenters. The summed E-state index contributed by atoms with van der Waals surface area (Å²) >= 11 is 6.05. The van der Waals surface area contributed by atoms with E-state index in [2.05, 4.69) is 51.4 Å². The predicted octanol–water partition coefficient (Wildman–Crippen LogP) is 3.80. The lowest BCUT2D eigenvalue weighted by molar-refractivity contribution is 0.816. The summed E-state index contributed by atoms with van der Waals surface area (Å²) in [6, 6.07) is 20.2. The zero-order chi connectivity index (χ0) is 29.3. The van der Waals surface area contributed by atoms with Crippen molar-refractivity contribution in [2.75, 3.05) is 21.5 Å². The highest BCUT2D eigenvalue weighted by Gasteiger charge is 2.17. The number of nitriles is 1. The van der Waals surface area contributed by atoms with E-state index in [0.717, 1.165) is 11.4 Å². The number of rotatable bonds is 11. The van der Waals surface area contributed by atoms with Crippen molar-refractivity contribution < 1.29 is 0 Å². The highest BCUT2D eigenvalue weighted by Crippen LogP contribution is 2.23. The van der Waals surface area contributed by atoms with E-state index >= 15 is 0 Å². The van der Waals surface area contributed by atoms with Gasteiger partial charge < -0.3 is 10.6 Å². The molecule has 0 bridgehead atoms. The van der Waals surface area contributed by atoms with E-state index in [9.17, 15) is 10.1 Å². The molecular weight excluding hydrogens is 556 g/mol. The average Bonchev–Trinajstić information content (AvgIpc) is 3.02. The number of hydrazine groups is 1. The predicted molar refractivity (Wildman–Crippen MR) is 159 cm³/mol. The van der Waals surface area contributed by atoms with Gasteiger partial charge in [-0.1, -0.05) is 35.9 Å². The first-order valence-electron chi connectivity index (χ1n) is 12.8. The van der Waals surface area contributed by atoms with Crippen molar-refractivity contribution in [3.05, 3.63) is 105 Å².